The third-order valence-electron chi connectivity index (χ3n) is 4.46. The van der Waals surface area contributed by atoms with Gasteiger partial charge in [-0.15, -0.1) is 0 Å². The molecule has 1 fully saturated rings. The van der Waals surface area contributed by atoms with Crippen LogP contribution in [0, 0.1) is 28.9 Å². The maximum Gasteiger partial charge on any atom is 0.412 e. The number of hydrogen-bond acceptors (Lipinski definition) is 2. The van der Waals surface area contributed by atoms with E-state index in [1.54, 1.807) is 13.8 Å². The summed E-state index contributed by atoms with van der Waals surface area (Å²) in [7, 11) is 0. The van der Waals surface area contributed by atoms with Gasteiger partial charge in [0.2, 0.25) is 0 Å². The van der Waals surface area contributed by atoms with Crippen molar-refractivity contribution >= 4 is 5.97 Å². The first-order valence-electron chi connectivity index (χ1n) is 7.31. The van der Waals surface area contributed by atoms with Crippen molar-refractivity contribution in [3.63, 3.8) is 0 Å². The average molecular weight is 348 g/mol. The topological polar surface area (TPSA) is 26.3 Å². The second-order valence-electron chi connectivity index (χ2n) is 6.48. The fourth-order valence-corrected chi connectivity index (χ4v) is 2.71. The first-order chi connectivity index (χ1) is 11.0. The standard InChI is InChI=1S/C17H17F5O2/c1-9(17(20,21)22)7-11-14(16(11,2)3)15(23)24-8-10-12(18)5-4-6-13(10)19/h4-7,11,14H,8H2,1-3H3/t11-,14-/m0/s1. The van der Waals surface area contributed by atoms with Crippen LogP contribution >= 0.6 is 0 Å². The quantitative estimate of drug-likeness (QED) is 0.444. The highest BCUT2D eigenvalue weighted by molar-refractivity contribution is 5.78. The van der Waals surface area contributed by atoms with Gasteiger partial charge in [0.15, 0.2) is 0 Å². The van der Waals surface area contributed by atoms with Crippen molar-refractivity contribution in [1.82, 2.24) is 0 Å². The zero-order chi connectivity index (χ0) is 18.3. The maximum absolute atomic E-state index is 13.5. The highest BCUT2D eigenvalue weighted by Gasteiger charge is 2.62. The van der Waals surface area contributed by atoms with Gasteiger partial charge < -0.3 is 4.74 Å². The van der Waals surface area contributed by atoms with E-state index in [1.807, 2.05) is 0 Å². The molecule has 0 amide bonds. The Labute approximate surface area is 136 Å². The van der Waals surface area contributed by atoms with Crippen molar-refractivity contribution < 1.29 is 31.5 Å². The van der Waals surface area contributed by atoms with Gasteiger partial charge in [-0.2, -0.15) is 13.2 Å². The normalized spacial score (nSPS) is 23.1. The molecule has 7 heteroatoms. The van der Waals surface area contributed by atoms with Crippen molar-refractivity contribution in [3.05, 3.63) is 47.0 Å². The summed E-state index contributed by atoms with van der Waals surface area (Å²) < 4.78 is 69.7. The van der Waals surface area contributed by atoms with E-state index in [9.17, 15) is 26.7 Å². The van der Waals surface area contributed by atoms with E-state index in [1.165, 1.54) is 6.07 Å². The Hall–Kier alpha value is -1.92. The Kier molecular flexibility index (Phi) is 4.74. The van der Waals surface area contributed by atoms with Crippen molar-refractivity contribution in [2.24, 2.45) is 17.3 Å². The van der Waals surface area contributed by atoms with E-state index in [-0.39, 0.29) is 5.56 Å². The van der Waals surface area contributed by atoms with E-state index in [0.29, 0.717) is 0 Å². The summed E-state index contributed by atoms with van der Waals surface area (Å²) in [4.78, 5) is 12.1. The van der Waals surface area contributed by atoms with Gasteiger partial charge in [0.25, 0.3) is 0 Å². The molecule has 1 aromatic rings. The summed E-state index contributed by atoms with van der Waals surface area (Å²) in [6, 6.07) is 3.25. The fraction of sp³-hybridized carbons (Fsp3) is 0.471. The molecule has 0 N–H and O–H groups in total. The SMILES string of the molecule is CC(=C[C@H]1[C@@H](C(=O)OCc2c(F)cccc2F)C1(C)C)C(F)(F)F. The van der Waals surface area contributed by atoms with Gasteiger partial charge in [-0.1, -0.05) is 26.0 Å². The first-order valence-corrected chi connectivity index (χ1v) is 7.31. The molecule has 0 heterocycles. The molecule has 1 aliphatic carbocycles. The summed E-state index contributed by atoms with van der Waals surface area (Å²) in [5.74, 6) is -3.86. The van der Waals surface area contributed by atoms with Crippen molar-refractivity contribution in [1.29, 1.82) is 0 Å². The minimum atomic E-state index is -4.45. The third-order valence-corrected chi connectivity index (χ3v) is 4.46. The van der Waals surface area contributed by atoms with E-state index in [4.69, 9.17) is 4.74 Å². The summed E-state index contributed by atoms with van der Waals surface area (Å²) in [5, 5.41) is 0. The Morgan fingerprint density at radius 3 is 2.29 bits per heavy atom. The molecule has 2 nitrogen and oxygen atoms in total. The van der Waals surface area contributed by atoms with Crippen LogP contribution < -0.4 is 0 Å². The minimum Gasteiger partial charge on any atom is -0.460 e. The van der Waals surface area contributed by atoms with Gasteiger partial charge in [-0.05, 0) is 30.4 Å². The largest absolute Gasteiger partial charge is 0.460 e. The maximum atomic E-state index is 13.5. The Bertz CT molecular complexity index is 656. The lowest BCUT2D eigenvalue weighted by Gasteiger charge is -2.07. The first kappa shape index (κ1) is 18.4. The van der Waals surface area contributed by atoms with E-state index in [0.717, 1.165) is 25.1 Å². The number of allylic oxidation sites excluding steroid dienone is 2. The zero-order valence-electron chi connectivity index (χ0n) is 13.4. The second-order valence-corrected chi connectivity index (χ2v) is 6.48. The van der Waals surface area contributed by atoms with Gasteiger partial charge in [0.1, 0.15) is 18.2 Å². The number of ether oxygens (including phenoxy) is 1. The summed E-state index contributed by atoms with van der Waals surface area (Å²) in [5.41, 5.74) is -1.86. The second kappa shape index (κ2) is 6.18. The molecule has 24 heavy (non-hydrogen) atoms. The van der Waals surface area contributed by atoms with Gasteiger partial charge in [-0.3, -0.25) is 4.79 Å². The molecule has 2 rings (SSSR count). The number of esters is 1. The number of halogens is 5. The smallest absolute Gasteiger partial charge is 0.412 e. The van der Waals surface area contributed by atoms with Gasteiger partial charge in [-0.25, -0.2) is 8.78 Å². The highest BCUT2D eigenvalue weighted by Crippen LogP contribution is 2.60. The lowest BCUT2D eigenvalue weighted by molar-refractivity contribution is -0.147. The van der Waals surface area contributed by atoms with Crippen LogP contribution in [-0.4, -0.2) is 12.1 Å². The van der Waals surface area contributed by atoms with E-state index >= 15 is 0 Å². The van der Waals surface area contributed by atoms with Crippen molar-refractivity contribution in [2.45, 2.75) is 33.6 Å². The van der Waals surface area contributed by atoms with Gasteiger partial charge in [0.05, 0.1) is 11.5 Å². The number of carbonyl (C=O) groups excluding carboxylic acids is 1. The summed E-state index contributed by atoms with van der Waals surface area (Å²) in [6.45, 7) is 3.63. The van der Waals surface area contributed by atoms with Crippen LogP contribution in [-0.2, 0) is 16.1 Å². The lowest BCUT2D eigenvalue weighted by Crippen LogP contribution is -2.12. The van der Waals surface area contributed by atoms with Crippen LogP contribution in [0.3, 0.4) is 0 Å². The molecule has 0 aliphatic heterocycles. The number of rotatable bonds is 4. The molecule has 0 bridgehead atoms. The Morgan fingerprint density at radius 1 is 1.25 bits per heavy atom. The number of carbonyl (C=O) groups is 1. The Morgan fingerprint density at radius 2 is 1.79 bits per heavy atom. The molecule has 132 valence electrons. The molecule has 0 saturated heterocycles. The molecular weight excluding hydrogens is 331 g/mol. The molecule has 1 aromatic carbocycles. The van der Waals surface area contributed by atoms with Crippen LogP contribution in [0.1, 0.15) is 26.3 Å². The van der Waals surface area contributed by atoms with Gasteiger partial charge >= 0.3 is 12.1 Å². The van der Waals surface area contributed by atoms with Crippen LogP contribution in [0.2, 0.25) is 0 Å². The third kappa shape index (κ3) is 3.60. The average Bonchev–Trinajstić information content (AvgIpc) is 2.98. The molecule has 1 aliphatic rings. The molecule has 0 aromatic heterocycles. The van der Waals surface area contributed by atoms with E-state index < -0.39 is 53.2 Å². The monoisotopic (exact) mass is 348 g/mol. The molecule has 0 spiro atoms. The molecule has 0 radical (unpaired) electrons. The number of alkyl halides is 3. The van der Waals surface area contributed by atoms with Crippen LogP contribution in [0.15, 0.2) is 29.8 Å². The predicted octanol–water partition coefficient (Wildman–Crippen LogP) is 4.79. The molecular formula is C17H17F5O2. The van der Waals surface area contributed by atoms with Gasteiger partial charge in [0, 0.05) is 5.57 Å². The lowest BCUT2D eigenvalue weighted by atomic mass is 10.1. The van der Waals surface area contributed by atoms with Crippen molar-refractivity contribution in [3.8, 4) is 0 Å². The van der Waals surface area contributed by atoms with Crippen molar-refractivity contribution in [2.75, 3.05) is 0 Å². The van der Waals surface area contributed by atoms with Crippen LogP contribution in [0.25, 0.3) is 0 Å². The van der Waals surface area contributed by atoms with Crippen LogP contribution in [0.5, 0.6) is 0 Å². The predicted molar refractivity (Wildman–Crippen MR) is 76.7 cm³/mol. The molecule has 1 saturated carbocycles. The highest BCUT2D eigenvalue weighted by atomic mass is 19.4. The number of benzene rings is 1. The molecule has 0 unspecified atom stereocenters. The fourth-order valence-electron chi connectivity index (χ4n) is 2.71. The van der Waals surface area contributed by atoms with E-state index in [2.05, 4.69) is 0 Å². The summed E-state index contributed by atoms with van der Waals surface area (Å²) >= 11 is 0. The zero-order valence-corrected chi connectivity index (χ0v) is 13.4. The van der Waals surface area contributed by atoms with Crippen LogP contribution in [0.4, 0.5) is 22.0 Å². The molecule has 2 atom stereocenters. The number of hydrogen-bond donors (Lipinski definition) is 0. The minimum absolute atomic E-state index is 0.386. The summed E-state index contributed by atoms with van der Waals surface area (Å²) in [6.07, 6.45) is -3.45. The Balaban J connectivity index is 2.06.